The average molecular weight is 395 g/mol. The van der Waals surface area contributed by atoms with Gasteiger partial charge in [0.15, 0.2) is 5.96 Å². The molecule has 1 aromatic carbocycles. The molecular formula is C13H20ClIN4. The van der Waals surface area contributed by atoms with Crippen molar-refractivity contribution in [2.75, 3.05) is 37.6 Å². The molecule has 0 saturated carbocycles. The zero-order chi connectivity index (χ0) is 13.0. The molecule has 19 heavy (non-hydrogen) atoms. The van der Waals surface area contributed by atoms with Crippen LogP contribution in [0.3, 0.4) is 0 Å². The lowest BCUT2D eigenvalue weighted by molar-refractivity contribution is 0.381. The average Bonchev–Trinajstić information content (AvgIpc) is 2.39. The first kappa shape index (κ1) is 16.4. The number of halogens is 2. The Morgan fingerprint density at radius 3 is 2.58 bits per heavy atom. The number of piperazine rings is 1. The van der Waals surface area contributed by atoms with Gasteiger partial charge < -0.3 is 15.5 Å². The van der Waals surface area contributed by atoms with Crippen molar-refractivity contribution in [1.29, 1.82) is 0 Å². The summed E-state index contributed by atoms with van der Waals surface area (Å²) < 4.78 is 0. The lowest BCUT2D eigenvalue weighted by Crippen LogP contribution is -2.51. The second-order valence-corrected chi connectivity index (χ2v) is 4.72. The fraction of sp³-hybridized carbons (Fsp3) is 0.462. The highest BCUT2D eigenvalue weighted by molar-refractivity contribution is 14.0. The Kier molecular flexibility index (Phi) is 6.71. The highest BCUT2D eigenvalue weighted by Crippen LogP contribution is 2.20. The number of guanidine groups is 1. The normalized spacial score (nSPS) is 16.2. The van der Waals surface area contributed by atoms with Crippen molar-refractivity contribution in [2.24, 2.45) is 10.7 Å². The zero-order valence-corrected chi connectivity index (χ0v) is 14.1. The predicted molar refractivity (Wildman–Crippen MR) is 92.8 cm³/mol. The van der Waals surface area contributed by atoms with Crippen molar-refractivity contribution >= 4 is 47.2 Å². The van der Waals surface area contributed by atoms with Crippen LogP contribution in [0.15, 0.2) is 29.3 Å². The molecule has 1 aromatic rings. The fourth-order valence-corrected chi connectivity index (χ4v) is 2.31. The summed E-state index contributed by atoms with van der Waals surface area (Å²) in [6.45, 7) is 6.43. The maximum Gasteiger partial charge on any atom is 0.191 e. The van der Waals surface area contributed by atoms with Gasteiger partial charge >= 0.3 is 0 Å². The maximum absolute atomic E-state index is 6.01. The molecule has 0 spiro atoms. The van der Waals surface area contributed by atoms with Crippen LogP contribution in [0.4, 0.5) is 5.69 Å². The molecular weight excluding hydrogens is 375 g/mol. The van der Waals surface area contributed by atoms with Crippen molar-refractivity contribution in [1.82, 2.24) is 4.90 Å². The third kappa shape index (κ3) is 4.42. The molecule has 1 aliphatic heterocycles. The van der Waals surface area contributed by atoms with Gasteiger partial charge in [0.2, 0.25) is 0 Å². The van der Waals surface area contributed by atoms with E-state index in [-0.39, 0.29) is 24.0 Å². The molecule has 0 atom stereocenters. The van der Waals surface area contributed by atoms with Crippen molar-refractivity contribution in [3.05, 3.63) is 29.3 Å². The van der Waals surface area contributed by atoms with Gasteiger partial charge in [0.1, 0.15) is 0 Å². The van der Waals surface area contributed by atoms with E-state index in [4.69, 9.17) is 17.3 Å². The van der Waals surface area contributed by atoms with E-state index in [9.17, 15) is 0 Å². The van der Waals surface area contributed by atoms with E-state index >= 15 is 0 Å². The van der Waals surface area contributed by atoms with Gasteiger partial charge in [-0.2, -0.15) is 0 Å². The van der Waals surface area contributed by atoms with Crippen molar-refractivity contribution in [3.8, 4) is 0 Å². The van der Waals surface area contributed by atoms with Gasteiger partial charge in [-0.05, 0) is 25.1 Å². The maximum atomic E-state index is 6.01. The molecule has 0 unspecified atom stereocenters. The van der Waals surface area contributed by atoms with Gasteiger partial charge in [0, 0.05) is 43.4 Å². The van der Waals surface area contributed by atoms with Crippen molar-refractivity contribution in [3.63, 3.8) is 0 Å². The Morgan fingerprint density at radius 1 is 1.32 bits per heavy atom. The molecule has 2 N–H and O–H groups in total. The van der Waals surface area contributed by atoms with Gasteiger partial charge in [0.05, 0.1) is 0 Å². The van der Waals surface area contributed by atoms with E-state index in [1.165, 1.54) is 5.69 Å². The summed E-state index contributed by atoms with van der Waals surface area (Å²) in [6.07, 6.45) is 0. The Hall–Kier alpha value is -0.690. The molecule has 0 aromatic heterocycles. The van der Waals surface area contributed by atoms with Crippen molar-refractivity contribution in [2.45, 2.75) is 6.92 Å². The molecule has 106 valence electrons. The number of hydrogen-bond acceptors (Lipinski definition) is 2. The van der Waals surface area contributed by atoms with Crippen molar-refractivity contribution < 1.29 is 0 Å². The van der Waals surface area contributed by atoms with E-state index in [0.717, 1.165) is 37.7 Å². The quantitative estimate of drug-likeness (QED) is 0.476. The Bertz CT molecular complexity index is 430. The number of nitrogens with two attached hydrogens (primary N) is 1. The molecule has 0 radical (unpaired) electrons. The van der Waals surface area contributed by atoms with Crippen LogP contribution in [0.2, 0.25) is 5.02 Å². The highest BCUT2D eigenvalue weighted by Gasteiger charge is 2.18. The summed E-state index contributed by atoms with van der Waals surface area (Å²) in [5.41, 5.74) is 7.08. The minimum Gasteiger partial charge on any atom is -0.370 e. The first-order valence-corrected chi connectivity index (χ1v) is 6.64. The lowest BCUT2D eigenvalue weighted by Gasteiger charge is -2.36. The number of rotatable bonds is 2. The Balaban J connectivity index is 0.00000180. The van der Waals surface area contributed by atoms with Crippen LogP contribution in [0.25, 0.3) is 0 Å². The third-order valence-corrected chi connectivity index (χ3v) is 3.33. The van der Waals surface area contributed by atoms with E-state index in [1.54, 1.807) is 0 Å². The molecule has 0 bridgehead atoms. The SMILES string of the molecule is CCN=C(N)N1CCN(c2cccc(Cl)c2)CC1.I. The molecule has 0 aliphatic carbocycles. The van der Waals surface area contributed by atoms with Gasteiger partial charge in [-0.15, -0.1) is 24.0 Å². The van der Waals surface area contributed by atoms with Crippen LogP contribution >= 0.6 is 35.6 Å². The minimum absolute atomic E-state index is 0. The van der Waals surface area contributed by atoms with Gasteiger partial charge in [0.25, 0.3) is 0 Å². The lowest BCUT2D eigenvalue weighted by atomic mass is 10.2. The summed E-state index contributed by atoms with van der Waals surface area (Å²) in [5, 5.41) is 0.780. The topological polar surface area (TPSA) is 44.9 Å². The number of benzene rings is 1. The van der Waals surface area contributed by atoms with E-state index < -0.39 is 0 Å². The summed E-state index contributed by atoms with van der Waals surface area (Å²) >= 11 is 6.01. The van der Waals surface area contributed by atoms with Crippen LogP contribution in [-0.2, 0) is 0 Å². The summed E-state index contributed by atoms with van der Waals surface area (Å²) in [4.78, 5) is 8.69. The number of hydrogen-bond donors (Lipinski definition) is 1. The number of aliphatic imine (C=N–C) groups is 1. The predicted octanol–water partition coefficient (Wildman–Crippen LogP) is 2.41. The smallest absolute Gasteiger partial charge is 0.191 e. The molecule has 0 amide bonds. The summed E-state index contributed by atoms with van der Waals surface area (Å²) in [5.74, 6) is 0.656. The molecule has 4 nitrogen and oxygen atoms in total. The van der Waals surface area contributed by atoms with Crippen LogP contribution in [0.1, 0.15) is 6.92 Å². The Labute approximate surface area is 136 Å². The van der Waals surface area contributed by atoms with Crippen LogP contribution < -0.4 is 10.6 Å². The molecule has 1 aliphatic rings. The summed E-state index contributed by atoms with van der Waals surface area (Å²) in [7, 11) is 0. The molecule has 6 heteroatoms. The standard InChI is InChI=1S/C13H19ClN4.HI/c1-2-16-13(15)18-8-6-17(7-9-18)12-5-3-4-11(14)10-12;/h3-5,10H,2,6-9H2,1H3,(H2,15,16);1H. The second kappa shape index (κ2) is 7.79. The van der Waals surface area contributed by atoms with E-state index in [2.05, 4.69) is 20.9 Å². The number of nitrogens with zero attached hydrogens (tertiary/aromatic N) is 3. The van der Waals surface area contributed by atoms with Gasteiger partial charge in [-0.25, -0.2) is 0 Å². The molecule has 1 saturated heterocycles. The van der Waals surface area contributed by atoms with E-state index in [1.807, 2.05) is 25.1 Å². The zero-order valence-electron chi connectivity index (χ0n) is 11.1. The monoisotopic (exact) mass is 394 g/mol. The molecule has 1 fully saturated rings. The first-order chi connectivity index (χ1) is 8.70. The molecule has 1 heterocycles. The third-order valence-electron chi connectivity index (χ3n) is 3.10. The van der Waals surface area contributed by atoms with Gasteiger partial charge in [-0.3, -0.25) is 4.99 Å². The van der Waals surface area contributed by atoms with E-state index in [0.29, 0.717) is 5.96 Å². The molecule has 2 rings (SSSR count). The number of anilines is 1. The van der Waals surface area contributed by atoms with Crippen LogP contribution in [-0.4, -0.2) is 43.6 Å². The fourth-order valence-electron chi connectivity index (χ4n) is 2.13. The van der Waals surface area contributed by atoms with Gasteiger partial charge in [-0.1, -0.05) is 17.7 Å². The Morgan fingerprint density at radius 2 is 2.00 bits per heavy atom. The van der Waals surface area contributed by atoms with Crippen LogP contribution in [0, 0.1) is 0 Å². The summed E-state index contributed by atoms with van der Waals surface area (Å²) in [6, 6.07) is 7.97. The first-order valence-electron chi connectivity index (χ1n) is 6.26. The second-order valence-electron chi connectivity index (χ2n) is 4.29. The van der Waals surface area contributed by atoms with Crippen LogP contribution in [0.5, 0.6) is 0 Å². The minimum atomic E-state index is 0. The largest absolute Gasteiger partial charge is 0.370 e. The highest BCUT2D eigenvalue weighted by atomic mass is 127.